The van der Waals surface area contributed by atoms with Crippen molar-refractivity contribution in [1.82, 2.24) is 9.97 Å². The number of aromatic nitrogens is 2. The fourth-order valence-electron chi connectivity index (χ4n) is 1.43. The minimum atomic E-state index is -0.639. The summed E-state index contributed by atoms with van der Waals surface area (Å²) in [6, 6.07) is 7.47. The molecule has 3 nitrogen and oxygen atoms in total. The minimum Gasteiger partial charge on any atom is -0.385 e. The average molecular weight is 223 g/mol. The van der Waals surface area contributed by atoms with Gasteiger partial charge in [-0.2, -0.15) is 0 Å². The largest absolute Gasteiger partial charge is 0.385 e. The van der Waals surface area contributed by atoms with Crippen LogP contribution in [0.25, 0.3) is 0 Å². The summed E-state index contributed by atoms with van der Waals surface area (Å²) in [7, 11) is 0. The zero-order chi connectivity index (χ0) is 10.7. The van der Waals surface area contributed by atoms with Crippen molar-refractivity contribution in [2.75, 3.05) is 0 Å². The lowest BCUT2D eigenvalue weighted by Gasteiger charge is -2.08. The summed E-state index contributed by atoms with van der Waals surface area (Å²) in [6.45, 7) is 0. The first-order chi connectivity index (χ1) is 7.27. The Morgan fingerprint density at radius 2 is 2.20 bits per heavy atom. The molecule has 0 bridgehead atoms. The molecule has 1 aromatic heterocycles. The Morgan fingerprint density at radius 1 is 1.40 bits per heavy atom. The molecule has 4 heteroatoms. The van der Waals surface area contributed by atoms with Crippen LogP contribution in [0.4, 0.5) is 0 Å². The van der Waals surface area contributed by atoms with Crippen molar-refractivity contribution < 1.29 is 5.11 Å². The van der Waals surface area contributed by atoms with Crippen LogP contribution in [0.3, 0.4) is 0 Å². The van der Waals surface area contributed by atoms with Crippen LogP contribution >= 0.6 is 11.6 Å². The standard InChI is InChI=1S/C11H11ClN2O/c12-9-4-2-1-3-8(9)7-10(15)11-13-5-6-14-11/h1-6,10,15H,7H2,(H,13,14). The first kappa shape index (κ1) is 10.2. The Bertz CT molecular complexity index is 428. The zero-order valence-corrected chi connectivity index (χ0v) is 8.78. The van der Waals surface area contributed by atoms with Gasteiger partial charge < -0.3 is 10.1 Å². The molecule has 0 fully saturated rings. The Kier molecular flexibility index (Phi) is 3.04. The van der Waals surface area contributed by atoms with E-state index in [2.05, 4.69) is 9.97 Å². The summed E-state index contributed by atoms with van der Waals surface area (Å²) < 4.78 is 0. The molecule has 1 aromatic carbocycles. The van der Waals surface area contributed by atoms with E-state index in [-0.39, 0.29) is 0 Å². The maximum atomic E-state index is 9.83. The van der Waals surface area contributed by atoms with Crippen molar-refractivity contribution in [1.29, 1.82) is 0 Å². The summed E-state index contributed by atoms with van der Waals surface area (Å²) in [6.07, 6.45) is 3.13. The van der Waals surface area contributed by atoms with Crippen LogP contribution in [0.5, 0.6) is 0 Å². The Balaban J connectivity index is 2.13. The number of hydrogen-bond acceptors (Lipinski definition) is 2. The van der Waals surface area contributed by atoms with E-state index in [4.69, 9.17) is 11.6 Å². The smallest absolute Gasteiger partial charge is 0.135 e. The maximum Gasteiger partial charge on any atom is 0.135 e. The van der Waals surface area contributed by atoms with E-state index in [0.29, 0.717) is 17.3 Å². The molecule has 2 rings (SSSR count). The molecule has 1 heterocycles. The lowest BCUT2D eigenvalue weighted by Crippen LogP contribution is -2.04. The summed E-state index contributed by atoms with van der Waals surface area (Å²) in [5.41, 5.74) is 0.920. The maximum absolute atomic E-state index is 9.83. The molecule has 1 unspecified atom stereocenters. The van der Waals surface area contributed by atoms with Crippen LogP contribution in [0.1, 0.15) is 17.5 Å². The van der Waals surface area contributed by atoms with Crippen molar-refractivity contribution in [3.63, 3.8) is 0 Å². The van der Waals surface area contributed by atoms with Gasteiger partial charge in [0.1, 0.15) is 11.9 Å². The number of benzene rings is 1. The minimum absolute atomic E-state index is 0.465. The summed E-state index contributed by atoms with van der Waals surface area (Å²) in [5.74, 6) is 0.565. The van der Waals surface area contributed by atoms with Crippen molar-refractivity contribution in [3.05, 3.63) is 53.1 Å². The number of aliphatic hydroxyl groups is 1. The van der Waals surface area contributed by atoms with Gasteiger partial charge in [0.15, 0.2) is 0 Å². The topological polar surface area (TPSA) is 48.9 Å². The highest BCUT2D eigenvalue weighted by Gasteiger charge is 2.12. The summed E-state index contributed by atoms with van der Waals surface area (Å²) in [4.78, 5) is 6.87. The Hall–Kier alpha value is -1.32. The van der Waals surface area contributed by atoms with Gasteiger partial charge in [-0.15, -0.1) is 0 Å². The number of nitrogens with zero attached hydrogens (tertiary/aromatic N) is 1. The SMILES string of the molecule is OC(Cc1ccccc1Cl)c1ncc[nH]1. The first-order valence-corrected chi connectivity index (χ1v) is 5.06. The third-order valence-electron chi connectivity index (χ3n) is 2.21. The van der Waals surface area contributed by atoms with E-state index >= 15 is 0 Å². The fraction of sp³-hybridized carbons (Fsp3) is 0.182. The van der Waals surface area contributed by atoms with Crippen molar-refractivity contribution in [2.45, 2.75) is 12.5 Å². The number of aromatic amines is 1. The second kappa shape index (κ2) is 4.47. The van der Waals surface area contributed by atoms with E-state index < -0.39 is 6.10 Å². The molecule has 1 atom stereocenters. The van der Waals surface area contributed by atoms with E-state index in [9.17, 15) is 5.11 Å². The normalized spacial score (nSPS) is 12.7. The second-order valence-electron chi connectivity index (χ2n) is 3.29. The van der Waals surface area contributed by atoms with Gasteiger partial charge in [0.2, 0.25) is 0 Å². The predicted octanol–water partition coefficient (Wildman–Crippen LogP) is 2.34. The summed E-state index contributed by atoms with van der Waals surface area (Å²) in [5, 5.41) is 10.5. The van der Waals surface area contributed by atoms with Gasteiger partial charge in [-0.25, -0.2) is 4.98 Å². The average Bonchev–Trinajstić information content (AvgIpc) is 2.74. The van der Waals surface area contributed by atoms with Crippen LogP contribution in [-0.4, -0.2) is 15.1 Å². The van der Waals surface area contributed by atoms with Crippen LogP contribution in [0, 0.1) is 0 Å². The fourth-order valence-corrected chi connectivity index (χ4v) is 1.64. The van der Waals surface area contributed by atoms with Crippen molar-refractivity contribution in [2.24, 2.45) is 0 Å². The Labute approximate surface area is 92.7 Å². The van der Waals surface area contributed by atoms with Crippen molar-refractivity contribution >= 4 is 11.6 Å². The molecule has 0 aliphatic carbocycles. The highest BCUT2D eigenvalue weighted by Crippen LogP contribution is 2.21. The number of imidazole rings is 1. The number of nitrogens with one attached hydrogen (secondary N) is 1. The van der Waals surface area contributed by atoms with E-state index in [1.807, 2.05) is 24.3 Å². The number of aliphatic hydroxyl groups excluding tert-OH is 1. The van der Waals surface area contributed by atoms with Gasteiger partial charge in [0.05, 0.1) is 0 Å². The molecule has 0 spiro atoms. The molecule has 2 N–H and O–H groups in total. The van der Waals surface area contributed by atoms with Crippen LogP contribution in [0.15, 0.2) is 36.7 Å². The van der Waals surface area contributed by atoms with E-state index in [1.165, 1.54) is 0 Å². The first-order valence-electron chi connectivity index (χ1n) is 4.68. The van der Waals surface area contributed by atoms with E-state index in [1.54, 1.807) is 12.4 Å². The number of rotatable bonds is 3. The lowest BCUT2D eigenvalue weighted by molar-refractivity contribution is 0.169. The second-order valence-corrected chi connectivity index (χ2v) is 3.69. The third kappa shape index (κ3) is 2.37. The zero-order valence-electron chi connectivity index (χ0n) is 8.02. The molecule has 0 saturated heterocycles. The number of hydrogen-bond donors (Lipinski definition) is 2. The van der Waals surface area contributed by atoms with Crippen LogP contribution < -0.4 is 0 Å². The summed E-state index contributed by atoms with van der Waals surface area (Å²) >= 11 is 5.99. The van der Waals surface area contributed by atoms with Gasteiger partial charge in [0, 0.05) is 23.8 Å². The third-order valence-corrected chi connectivity index (χ3v) is 2.57. The van der Waals surface area contributed by atoms with Gasteiger partial charge in [-0.05, 0) is 11.6 Å². The predicted molar refractivity (Wildman–Crippen MR) is 58.7 cm³/mol. The molecular weight excluding hydrogens is 212 g/mol. The molecule has 0 radical (unpaired) electrons. The molecule has 0 saturated carbocycles. The van der Waals surface area contributed by atoms with Gasteiger partial charge in [0.25, 0.3) is 0 Å². The van der Waals surface area contributed by atoms with Gasteiger partial charge >= 0.3 is 0 Å². The van der Waals surface area contributed by atoms with Gasteiger partial charge in [-0.3, -0.25) is 0 Å². The molecule has 0 amide bonds. The van der Waals surface area contributed by atoms with Gasteiger partial charge in [-0.1, -0.05) is 29.8 Å². The molecule has 0 aliphatic heterocycles. The molecular formula is C11H11ClN2O. The molecule has 78 valence electrons. The molecule has 15 heavy (non-hydrogen) atoms. The van der Waals surface area contributed by atoms with E-state index in [0.717, 1.165) is 5.56 Å². The molecule has 0 aliphatic rings. The highest BCUT2D eigenvalue weighted by atomic mass is 35.5. The lowest BCUT2D eigenvalue weighted by atomic mass is 10.1. The van der Waals surface area contributed by atoms with Crippen molar-refractivity contribution in [3.8, 4) is 0 Å². The number of halogens is 1. The highest BCUT2D eigenvalue weighted by molar-refractivity contribution is 6.31. The quantitative estimate of drug-likeness (QED) is 0.838. The number of H-pyrrole nitrogens is 1. The molecule has 2 aromatic rings. The Morgan fingerprint density at radius 3 is 2.87 bits per heavy atom. The monoisotopic (exact) mass is 222 g/mol. The van der Waals surface area contributed by atoms with Crippen LogP contribution in [-0.2, 0) is 6.42 Å². The van der Waals surface area contributed by atoms with Crippen LogP contribution in [0.2, 0.25) is 5.02 Å².